The minimum atomic E-state index is -4.18. The molecule has 1 aromatic rings. The number of rotatable bonds is 4. The number of hydrogen-bond acceptors (Lipinski definition) is 2. The van der Waals surface area contributed by atoms with E-state index in [1.807, 2.05) is 0 Å². The van der Waals surface area contributed by atoms with Crippen molar-refractivity contribution < 1.29 is 13.2 Å². The molecule has 0 radical (unpaired) electrons. The maximum Gasteiger partial charge on any atom is 0.390 e. The van der Waals surface area contributed by atoms with Crippen molar-refractivity contribution in [3.05, 3.63) is 19.8 Å². The SMILES string of the molecule is CCNC(CC(F)(F)F)c1cc(Br)c(Cl)s1. The summed E-state index contributed by atoms with van der Waals surface area (Å²) in [5.74, 6) is 0. The van der Waals surface area contributed by atoms with Crippen LogP contribution in [0.1, 0.15) is 24.3 Å². The summed E-state index contributed by atoms with van der Waals surface area (Å²) in [5, 5.41) is 2.81. The van der Waals surface area contributed by atoms with Gasteiger partial charge >= 0.3 is 6.18 Å². The Balaban J connectivity index is 2.85. The molecule has 0 amide bonds. The van der Waals surface area contributed by atoms with E-state index in [-0.39, 0.29) is 0 Å². The smallest absolute Gasteiger partial charge is 0.309 e. The minimum absolute atomic E-state index is 0.472. The van der Waals surface area contributed by atoms with E-state index in [4.69, 9.17) is 11.6 Å². The normalized spacial score (nSPS) is 14.1. The summed E-state index contributed by atoms with van der Waals surface area (Å²) in [7, 11) is 0. The molecule has 0 aromatic carbocycles. The van der Waals surface area contributed by atoms with Crippen LogP contribution in [0.3, 0.4) is 0 Å². The first-order valence-corrected chi connectivity index (χ1v) is 6.57. The molecule has 92 valence electrons. The zero-order chi connectivity index (χ0) is 12.3. The third-order valence-corrected chi connectivity index (χ3v) is 4.48. The summed E-state index contributed by atoms with van der Waals surface area (Å²) in [6.07, 6.45) is -5.07. The van der Waals surface area contributed by atoms with E-state index in [1.165, 1.54) is 0 Å². The molecule has 1 heterocycles. The highest BCUT2D eigenvalue weighted by atomic mass is 79.9. The lowest BCUT2D eigenvalue weighted by Gasteiger charge is -2.17. The van der Waals surface area contributed by atoms with Gasteiger partial charge in [0.1, 0.15) is 4.34 Å². The predicted octanol–water partition coefficient (Wildman–Crippen LogP) is 4.77. The molecule has 7 heteroatoms. The molecule has 1 unspecified atom stereocenters. The molecule has 1 atom stereocenters. The van der Waals surface area contributed by atoms with Crippen LogP contribution in [0.2, 0.25) is 4.34 Å². The van der Waals surface area contributed by atoms with Crippen molar-refractivity contribution in [2.75, 3.05) is 6.54 Å². The number of halogens is 5. The molecule has 0 aliphatic heterocycles. The van der Waals surface area contributed by atoms with Gasteiger partial charge in [0, 0.05) is 9.35 Å². The van der Waals surface area contributed by atoms with Crippen LogP contribution in [0.5, 0.6) is 0 Å². The Labute approximate surface area is 109 Å². The summed E-state index contributed by atoms with van der Waals surface area (Å²) in [6.45, 7) is 2.25. The van der Waals surface area contributed by atoms with Gasteiger partial charge in [-0.1, -0.05) is 18.5 Å². The van der Waals surface area contributed by atoms with Crippen molar-refractivity contribution in [2.45, 2.75) is 25.6 Å². The number of nitrogens with one attached hydrogen (secondary N) is 1. The van der Waals surface area contributed by atoms with Gasteiger partial charge in [0.15, 0.2) is 0 Å². The van der Waals surface area contributed by atoms with Crippen LogP contribution in [0.4, 0.5) is 13.2 Å². The van der Waals surface area contributed by atoms with Crippen molar-refractivity contribution >= 4 is 38.9 Å². The first-order valence-electron chi connectivity index (χ1n) is 4.58. The monoisotopic (exact) mass is 335 g/mol. The molecule has 0 fully saturated rings. The summed E-state index contributed by atoms with van der Waals surface area (Å²) < 4.78 is 38.1. The van der Waals surface area contributed by atoms with Gasteiger partial charge in [-0.15, -0.1) is 11.3 Å². The van der Waals surface area contributed by atoms with Gasteiger partial charge in [-0.2, -0.15) is 13.2 Å². The molecular weight excluding hydrogens is 327 g/mol. The molecule has 1 aromatic heterocycles. The van der Waals surface area contributed by atoms with Crippen molar-refractivity contribution in [3.63, 3.8) is 0 Å². The van der Waals surface area contributed by atoms with E-state index in [2.05, 4.69) is 21.2 Å². The topological polar surface area (TPSA) is 12.0 Å². The Morgan fingerprint density at radius 1 is 1.56 bits per heavy atom. The molecule has 0 bridgehead atoms. The standard InChI is InChI=1S/C9H10BrClF3NS/c1-2-15-6(4-9(12,13)14)7-3-5(10)8(11)16-7/h3,6,15H,2,4H2,1H3. The maximum absolute atomic E-state index is 12.3. The second-order valence-corrected chi connectivity index (χ2v) is 5.74. The first-order chi connectivity index (χ1) is 7.33. The van der Waals surface area contributed by atoms with Crippen LogP contribution in [0, 0.1) is 0 Å². The lowest BCUT2D eigenvalue weighted by atomic mass is 10.1. The maximum atomic E-state index is 12.3. The van der Waals surface area contributed by atoms with Gasteiger partial charge in [0.25, 0.3) is 0 Å². The fourth-order valence-corrected chi connectivity index (χ4v) is 3.10. The fourth-order valence-electron chi connectivity index (χ4n) is 1.29. The van der Waals surface area contributed by atoms with Gasteiger partial charge in [0.05, 0.1) is 12.5 Å². The van der Waals surface area contributed by atoms with E-state index in [0.29, 0.717) is 20.2 Å². The van der Waals surface area contributed by atoms with E-state index < -0.39 is 18.6 Å². The van der Waals surface area contributed by atoms with Gasteiger partial charge in [-0.05, 0) is 28.5 Å². The van der Waals surface area contributed by atoms with Crippen LogP contribution in [0.15, 0.2) is 10.5 Å². The van der Waals surface area contributed by atoms with E-state index in [9.17, 15) is 13.2 Å². The van der Waals surface area contributed by atoms with Gasteiger partial charge in [-0.3, -0.25) is 0 Å². The number of alkyl halides is 3. The highest BCUT2D eigenvalue weighted by molar-refractivity contribution is 9.10. The lowest BCUT2D eigenvalue weighted by molar-refractivity contribution is -0.140. The highest BCUT2D eigenvalue weighted by Crippen LogP contribution is 2.38. The zero-order valence-electron chi connectivity index (χ0n) is 8.37. The largest absolute Gasteiger partial charge is 0.390 e. The van der Waals surface area contributed by atoms with Crippen molar-refractivity contribution in [2.24, 2.45) is 0 Å². The lowest BCUT2D eigenvalue weighted by Crippen LogP contribution is -2.25. The number of hydrogen-bond donors (Lipinski definition) is 1. The Morgan fingerprint density at radius 2 is 2.19 bits per heavy atom. The summed E-state index contributed by atoms with van der Waals surface area (Å²) in [5.41, 5.74) is 0. The van der Waals surface area contributed by atoms with Crippen LogP contribution < -0.4 is 5.32 Å². The van der Waals surface area contributed by atoms with Gasteiger partial charge in [-0.25, -0.2) is 0 Å². The fraction of sp³-hybridized carbons (Fsp3) is 0.556. The summed E-state index contributed by atoms with van der Waals surface area (Å²) in [6, 6.07) is 0.908. The van der Waals surface area contributed by atoms with Gasteiger partial charge < -0.3 is 5.32 Å². The van der Waals surface area contributed by atoms with Crippen LogP contribution >= 0.6 is 38.9 Å². The van der Waals surface area contributed by atoms with Crippen molar-refractivity contribution in [3.8, 4) is 0 Å². The predicted molar refractivity (Wildman–Crippen MR) is 64.1 cm³/mol. The Hall–Kier alpha value is 0.220. The molecule has 0 aliphatic carbocycles. The summed E-state index contributed by atoms with van der Waals surface area (Å²) in [4.78, 5) is 0.594. The third-order valence-electron chi connectivity index (χ3n) is 1.89. The zero-order valence-corrected chi connectivity index (χ0v) is 11.5. The van der Waals surface area contributed by atoms with Crippen molar-refractivity contribution in [1.29, 1.82) is 0 Å². The molecule has 1 rings (SSSR count). The highest BCUT2D eigenvalue weighted by Gasteiger charge is 2.33. The Kier molecular flexibility index (Phi) is 5.10. The minimum Gasteiger partial charge on any atom is -0.309 e. The molecule has 0 spiro atoms. The third kappa shape index (κ3) is 4.24. The molecule has 1 N–H and O–H groups in total. The molecule has 16 heavy (non-hydrogen) atoms. The van der Waals surface area contributed by atoms with E-state index in [1.54, 1.807) is 13.0 Å². The number of thiophene rings is 1. The van der Waals surface area contributed by atoms with E-state index in [0.717, 1.165) is 11.3 Å². The van der Waals surface area contributed by atoms with Crippen molar-refractivity contribution in [1.82, 2.24) is 5.32 Å². The molecule has 1 nitrogen and oxygen atoms in total. The van der Waals surface area contributed by atoms with Gasteiger partial charge in [0.2, 0.25) is 0 Å². The average Bonchev–Trinajstić information content (AvgIpc) is 2.44. The Bertz CT molecular complexity index is 334. The second kappa shape index (κ2) is 5.71. The van der Waals surface area contributed by atoms with E-state index >= 15 is 0 Å². The quantitative estimate of drug-likeness (QED) is 0.835. The van der Waals surface area contributed by atoms with Crippen LogP contribution in [-0.4, -0.2) is 12.7 Å². The molecular formula is C9H10BrClF3NS. The Morgan fingerprint density at radius 3 is 2.56 bits per heavy atom. The van der Waals surface area contributed by atoms with Crippen LogP contribution in [0.25, 0.3) is 0 Å². The molecule has 0 saturated heterocycles. The first kappa shape index (κ1) is 14.3. The van der Waals surface area contributed by atoms with Crippen LogP contribution in [-0.2, 0) is 0 Å². The second-order valence-electron chi connectivity index (χ2n) is 3.20. The average molecular weight is 337 g/mol. The summed E-state index contributed by atoms with van der Waals surface area (Å²) >= 11 is 10.2. The molecule has 0 saturated carbocycles. The molecule has 0 aliphatic rings.